The van der Waals surface area contributed by atoms with Crippen LogP contribution >= 0.6 is 0 Å². The molecule has 15 nitrogen and oxygen atoms in total. The number of benzene rings is 3. The van der Waals surface area contributed by atoms with Crippen LogP contribution in [0.25, 0.3) is 0 Å². The van der Waals surface area contributed by atoms with Crippen molar-refractivity contribution >= 4 is 29.6 Å². The summed E-state index contributed by atoms with van der Waals surface area (Å²) in [5, 5.41) is 28.6. The summed E-state index contributed by atoms with van der Waals surface area (Å²) >= 11 is 0. The summed E-state index contributed by atoms with van der Waals surface area (Å²) in [6.45, 7) is 10.7. The van der Waals surface area contributed by atoms with Crippen molar-refractivity contribution < 1.29 is 67.3 Å². The SMILES string of the molecule is CCOCO[C@H]1C[C@H]2OC[C@@]2(OC(C)=O)C2[C@H](OCc3ccccc3)[C@]3(O)CC(OC(=O)[C@H](O)[C@@H](NC(=O)c4ccccc4)c4ccccc4)C(C)=C([C@@H](OC(C)=O)C(=O)[C@@]21C)C3(C)C. The third-order valence-electron chi connectivity index (χ3n) is 14.0. The lowest BCUT2D eigenvalue weighted by molar-refractivity contribution is -0.357. The third-order valence-corrected chi connectivity index (χ3v) is 14.0. The molecule has 2 unspecified atom stereocenters. The summed E-state index contributed by atoms with van der Waals surface area (Å²) in [7, 11) is 0. The predicted molar refractivity (Wildman–Crippen MR) is 232 cm³/mol. The summed E-state index contributed by atoms with van der Waals surface area (Å²) in [5.41, 5.74) is -5.06. The molecule has 3 aromatic rings. The number of ether oxygens (including phenoxy) is 7. The lowest BCUT2D eigenvalue weighted by atomic mass is 9.44. The Kier molecular flexibility index (Phi) is 13.9. The van der Waals surface area contributed by atoms with E-state index in [1.54, 1.807) is 95.3 Å². The Morgan fingerprint density at radius 1 is 0.877 bits per heavy atom. The molecule has 2 bridgehead atoms. The molecule has 3 aromatic carbocycles. The van der Waals surface area contributed by atoms with Crippen LogP contribution in [0.5, 0.6) is 0 Å². The second-order valence-corrected chi connectivity index (χ2v) is 18.1. The molecule has 4 aliphatic rings. The molecule has 65 heavy (non-hydrogen) atoms. The Labute approximate surface area is 378 Å². The van der Waals surface area contributed by atoms with Gasteiger partial charge in [0.15, 0.2) is 23.6 Å². The van der Waals surface area contributed by atoms with Crippen LogP contribution in [0.3, 0.4) is 0 Å². The fourth-order valence-electron chi connectivity index (χ4n) is 10.7. The molecule has 0 aromatic heterocycles. The molecule has 3 fully saturated rings. The van der Waals surface area contributed by atoms with Gasteiger partial charge >= 0.3 is 17.9 Å². The van der Waals surface area contributed by atoms with Crippen molar-refractivity contribution in [1.29, 1.82) is 0 Å². The Morgan fingerprint density at radius 2 is 1.51 bits per heavy atom. The van der Waals surface area contributed by atoms with E-state index in [0.717, 1.165) is 12.5 Å². The highest BCUT2D eigenvalue weighted by molar-refractivity contribution is 5.96. The minimum absolute atomic E-state index is 0.0681. The summed E-state index contributed by atoms with van der Waals surface area (Å²) in [6, 6.07) is 24.7. The molecule has 0 radical (unpaired) electrons. The topological polar surface area (TPSA) is 202 Å². The Balaban J connectivity index is 1.39. The molecular formula is C50H59NO14. The zero-order valence-corrected chi connectivity index (χ0v) is 37.8. The predicted octanol–water partition coefficient (Wildman–Crippen LogP) is 5.11. The number of nitrogens with one attached hydrogen (secondary N) is 1. The van der Waals surface area contributed by atoms with Crippen LogP contribution in [0.15, 0.2) is 102 Å². The van der Waals surface area contributed by atoms with E-state index in [1.165, 1.54) is 6.92 Å². The number of aliphatic hydroxyl groups excluding tert-OH is 1. The first-order valence-electron chi connectivity index (χ1n) is 22.0. The van der Waals surface area contributed by atoms with Crippen molar-refractivity contribution in [2.45, 2.75) is 122 Å². The van der Waals surface area contributed by atoms with Crippen molar-refractivity contribution in [3.63, 3.8) is 0 Å². The molecule has 1 aliphatic heterocycles. The van der Waals surface area contributed by atoms with Crippen LogP contribution in [0.2, 0.25) is 0 Å². The van der Waals surface area contributed by atoms with Gasteiger partial charge in [-0.15, -0.1) is 0 Å². The van der Waals surface area contributed by atoms with Crippen LogP contribution in [-0.4, -0.2) is 108 Å². The van der Waals surface area contributed by atoms with Crippen LogP contribution in [0, 0.1) is 16.7 Å². The molecule has 2 saturated carbocycles. The number of esters is 3. The fourth-order valence-corrected chi connectivity index (χ4v) is 10.7. The molecule has 348 valence electrons. The van der Waals surface area contributed by atoms with Crippen molar-refractivity contribution in [2.24, 2.45) is 16.7 Å². The molecular weight excluding hydrogens is 839 g/mol. The molecule has 3 aliphatic carbocycles. The average molecular weight is 898 g/mol. The third kappa shape index (κ3) is 8.65. The zero-order chi connectivity index (χ0) is 46.9. The second kappa shape index (κ2) is 18.9. The number of carbonyl (C=O) groups excluding carboxylic acids is 5. The smallest absolute Gasteiger partial charge is 0.338 e. The normalized spacial score (nSPS) is 31.1. The van der Waals surface area contributed by atoms with Crippen LogP contribution in [0.4, 0.5) is 0 Å². The van der Waals surface area contributed by atoms with E-state index in [0.29, 0.717) is 17.7 Å². The molecule has 0 spiro atoms. The van der Waals surface area contributed by atoms with Gasteiger partial charge in [-0.1, -0.05) is 92.7 Å². The molecule has 3 N–H and O–H groups in total. The number of Topliss-reactive ketones (excluding diaryl/α,β-unsaturated/α-hetero) is 1. The average Bonchev–Trinajstić information content (AvgIpc) is 3.27. The first-order chi connectivity index (χ1) is 30.9. The minimum Gasteiger partial charge on any atom is -0.456 e. The van der Waals surface area contributed by atoms with E-state index in [1.807, 2.05) is 30.3 Å². The van der Waals surface area contributed by atoms with Crippen molar-refractivity contribution in [3.05, 3.63) is 119 Å². The van der Waals surface area contributed by atoms with Gasteiger partial charge < -0.3 is 48.7 Å². The highest BCUT2D eigenvalue weighted by Gasteiger charge is 2.78. The van der Waals surface area contributed by atoms with E-state index >= 15 is 4.79 Å². The monoisotopic (exact) mass is 897 g/mol. The Hall–Kier alpha value is -5.29. The van der Waals surface area contributed by atoms with Gasteiger partial charge in [0.2, 0.25) is 0 Å². The van der Waals surface area contributed by atoms with Crippen LogP contribution < -0.4 is 5.32 Å². The van der Waals surface area contributed by atoms with Crippen molar-refractivity contribution in [3.8, 4) is 0 Å². The van der Waals surface area contributed by atoms with E-state index in [2.05, 4.69) is 5.32 Å². The number of amides is 1. The van der Waals surface area contributed by atoms with Crippen molar-refractivity contribution in [2.75, 3.05) is 20.0 Å². The summed E-state index contributed by atoms with van der Waals surface area (Å²) in [4.78, 5) is 70.3. The van der Waals surface area contributed by atoms with Crippen molar-refractivity contribution in [1.82, 2.24) is 5.32 Å². The van der Waals surface area contributed by atoms with E-state index < -0.39 is 100 Å². The van der Waals surface area contributed by atoms with Crippen LogP contribution in [-0.2, 0) is 58.9 Å². The zero-order valence-electron chi connectivity index (χ0n) is 37.8. The molecule has 1 amide bonds. The number of carbonyl (C=O) groups is 5. The molecule has 1 heterocycles. The lowest BCUT2D eigenvalue weighted by Crippen LogP contribution is -2.82. The fraction of sp³-hybridized carbons (Fsp3) is 0.500. The van der Waals surface area contributed by atoms with Gasteiger partial charge in [0.05, 0.1) is 36.9 Å². The van der Waals surface area contributed by atoms with E-state index in [4.69, 9.17) is 33.2 Å². The summed E-state index contributed by atoms with van der Waals surface area (Å²) in [5.74, 6) is -5.05. The minimum atomic E-state index is -2.13. The van der Waals surface area contributed by atoms with Gasteiger partial charge in [-0.2, -0.15) is 0 Å². The summed E-state index contributed by atoms with van der Waals surface area (Å²) in [6.07, 6.45) is -8.55. The van der Waals surface area contributed by atoms with Gasteiger partial charge in [-0.05, 0) is 55.2 Å². The number of hydrogen-bond donors (Lipinski definition) is 3. The standard InChI is InChI=1S/C50H59NO14/c1-8-59-28-62-36-24-37-49(27-61-37,65-31(4)53)42-44(60-26-32-18-12-9-13-19-32)50(58)25-35(29(2)38(47(50,5)6)41(63-30(3)52)43(55)48(36,42)7)64-46(57)40(54)39(33-20-14-10-15-21-33)51-45(56)34-22-16-11-17-23-34/h9-23,35-37,39-42,44,54,58H,8,24-28H2,1-7H3,(H,51,56)/t35?,36-,37+,39-,40+,41+,42?,44-,48+,49-,50+/m0/s1. The first kappa shape index (κ1) is 47.7. The largest absolute Gasteiger partial charge is 0.456 e. The lowest BCUT2D eigenvalue weighted by Gasteiger charge is -2.68. The Bertz CT molecular complexity index is 2270. The number of fused-ring (bicyclic) bond motifs is 5. The number of rotatable bonds is 15. The van der Waals surface area contributed by atoms with Crippen LogP contribution in [0.1, 0.15) is 88.8 Å². The Morgan fingerprint density at radius 3 is 2.09 bits per heavy atom. The van der Waals surface area contributed by atoms with Gasteiger partial charge in [-0.25, -0.2) is 4.79 Å². The number of hydrogen-bond acceptors (Lipinski definition) is 14. The van der Waals surface area contributed by atoms with Gasteiger partial charge in [-0.3, -0.25) is 19.2 Å². The maximum atomic E-state index is 16.0. The molecule has 1 saturated heterocycles. The molecule has 15 heteroatoms. The quantitative estimate of drug-likeness (QED) is 0.0597. The number of aliphatic hydroxyl groups is 2. The highest BCUT2D eigenvalue weighted by Crippen LogP contribution is 2.65. The van der Waals surface area contributed by atoms with Gasteiger partial charge in [0, 0.05) is 50.2 Å². The molecule has 7 rings (SSSR count). The summed E-state index contributed by atoms with van der Waals surface area (Å²) < 4.78 is 43.7. The van der Waals surface area contributed by atoms with E-state index in [-0.39, 0.29) is 44.0 Å². The number of ketones is 1. The second-order valence-electron chi connectivity index (χ2n) is 18.1. The first-order valence-corrected chi connectivity index (χ1v) is 22.0. The maximum Gasteiger partial charge on any atom is 0.338 e. The van der Waals surface area contributed by atoms with E-state index in [9.17, 15) is 29.4 Å². The maximum absolute atomic E-state index is 16.0. The highest BCUT2D eigenvalue weighted by atomic mass is 16.7. The van der Waals surface area contributed by atoms with Gasteiger partial charge in [0.25, 0.3) is 5.91 Å². The van der Waals surface area contributed by atoms with Gasteiger partial charge in [0.1, 0.15) is 24.6 Å². The molecule has 11 atom stereocenters.